The SMILES string of the molecule is Cc1ccc([C@@H]2CCc3cc(Cl)ccc3N2)cc1. The Bertz CT molecular complexity index is 560. The van der Waals surface area contributed by atoms with Gasteiger partial charge in [-0.1, -0.05) is 41.4 Å². The zero-order valence-corrected chi connectivity index (χ0v) is 11.2. The first-order chi connectivity index (χ1) is 8.72. The Morgan fingerprint density at radius 2 is 1.89 bits per heavy atom. The van der Waals surface area contributed by atoms with Gasteiger partial charge in [0.2, 0.25) is 0 Å². The molecule has 0 bridgehead atoms. The first kappa shape index (κ1) is 11.6. The molecule has 1 heterocycles. The van der Waals surface area contributed by atoms with Gasteiger partial charge in [0.25, 0.3) is 0 Å². The lowest BCUT2D eigenvalue weighted by atomic mass is 9.93. The number of aryl methyl sites for hydroxylation is 2. The predicted molar refractivity (Wildman–Crippen MR) is 77.3 cm³/mol. The summed E-state index contributed by atoms with van der Waals surface area (Å²) in [5, 5.41) is 4.42. The molecule has 3 rings (SSSR count). The number of fused-ring (bicyclic) bond motifs is 1. The topological polar surface area (TPSA) is 12.0 Å². The zero-order chi connectivity index (χ0) is 12.5. The number of rotatable bonds is 1. The molecule has 1 atom stereocenters. The van der Waals surface area contributed by atoms with Gasteiger partial charge in [0, 0.05) is 10.7 Å². The van der Waals surface area contributed by atoms with Crippen LogP contribution >= 0.6 is 11.6 Å². The Balaban J connectivity index is 1.86. The predicted octanol–water partition coefficient (Wildman–Crippen LogP) is 4.75. The van der Waals surface area contributed by atoms with E-state index in [9.17, 15) is 0 Å². The molecule has 0 radical (unpaired) electrons. The van der Waals surface area contributed by atoms with Gasteiger partial charge in [0.05, 0.1) is 6.04 Å². The molecule has 0 amide bonds. The molecule has 2 heteroatoms. The molecule has 0 aromatic heterocycles. The molecule has 1 nitrogen and oxygen atoms in total. The fourth-order valence-corrected chi connectivity index (χ4v) is 2.71. The average Bonchev–Trinajstić information content (AvgIpc) is 2.39. The number of nitrogens with one attached hydrogen (secondary N) is 1. The van der Waals surface area contributed by atoms with Crippen LogP contribution in [0.25, 0.3) is 0 Å². The molecule has 2 aromatic carbocycles. The second-order valence-electron chi connectivity index (χ2n) is 4.95. The molecule has 1 aliphatic heterocycles. The van der Waals surface area contributed by atoms with Crippen molar-refractivity contribution in [3.8, 4) is 0 Å². The monoisotopic (exact) mass is 257 g/mol. The van der Waals surface area contributed by atoms with Crippen molar-refractivity contribution in [1.82, 2.24) is 0 Å². The van der Waals surface area contributed by atoms with Crippen LogP contribution in [0.1, 0.15) is 29.2 Å². The second kappa shape index (κ2) is 4.66. The third kappa shape index (κ3) is 2.23. The number of hydrogen-bond acceptors (Lipinski definition) is 1. The molecule has 0 saturated carbocycles. The van der Waals surface area contributed by atoms with Crippen LogP contribution in [-0.2, 0) is 6.42 Å². The van der Waals surface area contributed by atoms with Crippen LogP contribution in [0.4, 0.5) is 5.69 Å². The van der Waals surface area contributed by atoms with E-state index in [1.54, 1.807) is 0 Å². The summed E-state index contributed by atoms with van der Waals surface area (Å²) >= 11 is 6.02. The molecule has 0 fully saturated rings. The van der Waals surface area contributed by atoms with Crippen molar-refractivity contribution in [2.45, 2.75) is 25.8 Å². The minimum atomic E-state index is 0.416. The third-order valence-electron chi connectivity index (χ3n) is 3.58. The van der Waals surface area contributed by atoms with Crippen molar-refractivity contribution in [1.29, 1.82) is 0 Å². The first-order valence-electron chi connectivity index (χ1n) is 6.34. The molecule has 1 N–H and O–H groups in total. The normalized spacial score (nSPS) is 18.0. The summed E-state index contributed by atoms with van der Waals surface area (Å²) in [5.41, 5.74) is 5.21. The number of benzene rings is 2. The van der Waals surface area contributed by atoms with Crippen LogP contribution in [0.5, 0.6) is 0 Å². The van der Waals surface area contributed by atoms with Crippen molar-refractivity contribution in [3.63, 3.8) is 0 Å². The van der Waals surface area contributed by atoms with Gasteiger partial charge >= 0.3 is 0 Å². The van der Waals surface area contributed by atoms with Crippen LogP contribution in [0, 0.1) is 6.92 Å². The lowest BCUT2D eigenvalue weighted by Gasteiger charge is -2.27. The molecule has 0 aliphatic carbocycles. The van der Waals surface area contributed by atoms with Crippen LogP contribution in [-0.4, -0.2) is 0 Å². The Morgan fingerprint density at radius 3 is 2.67 bits per heavy atom. The molecule has 0 spiro atoms. The van der Waals surface area contributed by atoms with Crippen LogP contribution in [0.15, 0.2) is 42.5 Å². The largest absolute Gasteiger partial charge is 0.378 e. The van der Waals surface area contributed by atoms with Crippen molar-refractivity contribution in [2.24, 2.45) is 0 Å². The number of halogens is 1. The molecule has 1 aliphatic rings. The smallest absolute Gasteiger partial charge is 0.0517 e. The summed E-state index contributed by atoms with van der Waals surface area (Å²) in [6.07, 6.45) is 2.21. The van der Waals surface area contributed by atoms with E-state index in [2.05, 4.69) is 48.6 Å². The quantitative estimate of drug-likeness (QED) is 0.778. The molecule has 0 saturated heterocycles. The lowest BCUT2D eigenvalue weighted by molar-refractivity contribution is 0.668. The van der Waals surface area contributed by atoms with Crippen molar-refractivity contribution >= 4 is 17.3 Å². The van der Waals surface area contributed by atoms with E-state index in [0.717, 1.165) is 17.9 Å². The molecular formula is C16H16ClN. The summed E-state index contributed by atoms with van der Waals surface area (Å²) in [5.74, 6) is 0. The van der Waals surface area contributed by atoms with Gasteiger partial charge in [-0.15, -0.1) is 0 Å². The molecule has 92 valence electrons. The fraction of sp³-hybridized carbons (Fsp3) is 0.250. The lowest BCUT2D eigenvalue weighted by Crippen LogP contribution is -2.17. The van der Waals surface area contributed by atoms with E-state index in [1.165, 1.54) is 22.4 Å². The highest BCUT2D eigenvalue weighted by molar-refractivity contribution is 6.30. The Morgan fingerprint density at radius 1 is 1.11 bits per heavy atom. The Hall–Kier alpha value is -1.47. The van der Waals surface area contributed by atoms with Gasteiger partial charge in [0.15, 0.2) is 0 Å². The van der Waals surface area contributed by atoms with E-state index in [0.29, 0.717) is 6.04 Å². The third-order valence-corrected chi connectivity index (χ3v) is 3.81. The van der Waals surface area contributed by atoms with Gasteiger partial charge in [-0.3, -0.25) is 0 Å². The Kier molecular flexibility index (Phi) is 3.00. The van der Waals surface area contributed by atoms with E-state index in [4.69, 9.17) is 11.6 Å². The van der Waals surface area contributed by atoms with E-state index in [-0.39, 0.29) is 0 Å². The second-order valence-corrected chi connectivity index (χ2v) is 5.38. The highest BCUT2D eigenvalue weighted by Gasteiger charge is 2.18. The standard InChI is InChI=1S/C16H16ClN/c1-11-2-4-12(5-3-11)15-8-6-13-10-14(17)7-9-16(13)18-15/h2-5,7,9-10,15,18H,6,8H2,1H3/t15-/m0/s1. The van der Waals surface area contributed by atoms with Crippen LogP contribution in [0.3, 0.4) is 0 Å². The molecule has 2 aromatic rings. The highest BCUT2D eigenvalue weighted by atomic mass is 35.5. The van der Waals surface area contributed by atoms with E-state index < -0.39 is 0 Å². The summed E-state index contributed by atoms with van der Waals surface area (Å²) in [6, 6.07) is 15.3. The minimum absolute atomic E-state index is 0.416. The maximum absolute atomic E-state index is 6.02. The first-order valence-corrected chi connectivity index (χ1v) is 6.72. The van der Waals surface area contributed by atoms with Gasteiger partial charge in [-0.2, -0.15) is 0 Å². The summed E-state index contributed by atoms with van der Waals surface area (Å²) in [6.45, 7) is 2.12. The number of anilines is 1. The van der Waals surface area contributed by atoms with Crippen molar-refractivity contribution in [3.05, 3.63) is 64.2 Å². The van der Waals surface area contributed by atoms with E-state index in [1.807, 2.05) is 6.07 Å². The maximum atomic E-state index is 6.02. The van der Waals surface area contributed by atoms with Crippen LogP contribution < -0.4 is 5.32 Å². The van der Waals surface area contributed by atoms with Gasteiger partial charge in [0.1, 0.15) is 0 Å². The van der Waals surface area contributed by atoms with E-state index >= 15 is 0 Å². The van der Waals surface area contributed by atoms with Crippen molar-refractivity contribution in [2.75, 3.05) is 5.32 Å². The van der Waals surface area contributed by atoms with Gasteiger partial charge in [-0.25, -0.2) is 0 Å². The van der Waals surface area contributed by atoms with Crippen LogP contribution in [0.2, 0.25) is 5.02 Å². The Labute approximate surface area is 113 Å². The summed E-state index contributed by atoms with van der Waals surface area (Å²) in [4.78, 5) is 0. The number of hydrogen-bond donors (Lipinski definition) is 1. The minimum Gasteiger partial charge on any atom is -0.378 e. The van der Waals surface area contributed by atoms with Crippen molar-refractivity contribution < 1.29 is 0 Å². The fourth-order valence-electron chi connectivity index (χ4n) is 2.52. The molecular weight excluding hydrogens is 242 g/mol. The molecule has 18 heavy (non-hydrogen) atoms. The maximum Gasteiger partial charge on any atom is 0.0517 e. The zero-order valence-electron chi connectivity index (χ0n) is 10.4. The highest BCUT2D eigenvalue weighted by Crippen LogP contribution is 2.33. The van der Waals surface area contributed by atoms with Gasteiger partial charge in [-0.05, 0) is 49.1 Å². The summed E-state index contributed by atoms with van der Waals surface area (Å²) < 4.78 is 0. The molecule has 0 unspecified atom stereocenters. The average molecular weight is 258 g/mol. The van der Waals surface area contributed by atoms with Gasteiger partial charge < -0.3 is 5.32 Å². The summed E-state index contributed by atoms with van der Waals surface area (Å²) in [7, 11) is 0.